The second kappa shape index (κ2) is 6.15. The third-order valence-electron chi connectivity index (χ3n) is 1.46. The summed E-state index contributed by atoms with van der Waals surface area (Å²) in [5.74, 6) is 0. The molecule has 6 nitrogen and oxygen atoms in total. The largest absolute Gasteiger partial charge is 0.850 e. The van der Waals surface area contributed by atoms with Gasteiger partial charge >= 0.3 is 0 Å². The van der Waals surface area contributed by atoms with Crippen molar-refractivity contribution in [1.29, 1.82) is 0 Å². The van der Waals surface area contributed by atoms with Crippen LogP contribution in [0.5, 0.6) is 0 Å². The van der Waals surface area contributed by atoms with Gasteiger partial charge in [-0.1, -0.05) is 6.61 Å². The third-order valence-corrected chi connectivity index (χ3v) is 1.46. The maximum Gasteiger partial charge on any atom is 0.262 e. The van der Waals surface area contributed by atoms with E-state index in [-0.39, 0.29) is 17.7 Å². The number of nitrogens with one attached hydrogen (secondary N) is 2. The van der Waals surface area contributed by atoms with Crippen LogP contribution >= 0.6 is 0 Å². The van der Waals surface area contributed by atoms with E-state index in [4.69, 9.17) is 0 Å². The van der Waals surface area contributed by atoms with Crippen molar-refractivity contribution in [2.45, 2.75) is 0 Å². The highest BCUT2D eigenvalue weighted by Crippen LogP contribution is 1.83. The lowest BCUT2D eigenvalue weighted by Gasteiger charge is -2.25. The van der Waals surface area contributed by atoms with Crippen LogP contribution in [0.15, 0.2) is 21.7 Å². The maximum atomic E-state index is 10.2. The van der Waals surface area contributed by atoms with Crippen molar-refractivity contribution in [1.82, 2.24) is 10.2 Å². The molecule has 0 radical (unpaired) electrons. The number of aromatic nitrogens is 2. The first-order valence-electron chi connectivity index (χ1n) is 4.52. The van der Waals surface area contributed by atoms with E-state index in [9.17, 15) is 14.7 Å². The highest BCUT2D eigenvalue weighted by molar-refractivity contribution is 4.82. The zero-order valence-corrected chi connectivity index (χ0v) is 9.24. The molecule has 0 atom stereocenters. The van der Waals surface area contributed by atoms with Crippen LogP contribution in [0, 0.1) is 0 Å². The van der Waals surface area contributed by atoms with Crippen LogP contribution in [0.4, 0.5) is 0 Å². The molecule has 0 saturated heterocycles. The van der Waals surface area contributed by atoms with Gasteiger partial charge in [-0.25, -0.2) is 0 Å². The van der Waals surface area contributed by atoms with Gasteiger partial charge in [0.15, 0.2) is 0 Å². The second-order valence-corrected chi connectivity index (χ2v) is 4.03. The van der Waals surface area contributed by atoms with Crippen molar-refractivity contribution in [2.24, 2.45) is 0 Å². The normalized spacial score (nSPS) is 10.4. The molecule has 0 saturated carbocycles. The minimum absolute atomic E-state index is 0.0312. The van der Waals surface area contributed by atoms with Gasteiger partial charge in [-0.2, -0.15) is 0 Å². The molecule has 2 N–H and O–H groups in total. The molecule has 0 aliphatic rings. The molecule has 0 unspecified atom stereocenters. The molecule has 0 fully saturated rings. The van der Waals surface area contributed by atoms with Crippen LogP contribution in [0.25, 0.3) is 0 Å². The van der Waals surface area contributed by atoms with Gasteiger partial charge in [-0.15, -0.1) is 0 Å². The minimum atomic E-state index is -0.301. The van der Waals surface area contributed by atoms with E-state index >= 15 is 0 Å². The lowest BCUT2D eigenvalue weighted by atomic mass is 10.5. The van der Waals surface area contributed by atoms with Gasteiger partial charge < -0.3 is 9.59 Å². The second-order valence-electron chi connectivity index (χ2n) is 4.03. The van der Waals surface area contributed by atoms with Crippen molar-refractivity contribution >= 4 is 0 Å². The summed E-state index contributed by atoms with van der Waals surface area (Å²) in [7, 11) is 6.04. The van der Waals surface area contributed by atoms with Crippen LogP contribution in [0.3, 0.4) is 0 Å². The third kappa shape index (κ3) is 8.92. The van der Waals surface area contributed by atoms with Gasteiger partial charge in [0, 0.05) is 12.1 Å². The Kier molecular flexibility index (Phi) is 5.58. The Morgan fingerprint density at radius 2 is 1.53 bits per heavy atom. The summed E-state index contributed by atoms with van der Waals surface area (Å²) >= 11 is 0. The molecule has 0 bridgehead atoms. The minimum Gasteiger partial charge on any atom is -0.850 e. The quantitative estimate of drug-likeness (QED) is 0.566. The summed E-state index contributed by atoms with van der Waals surface area (Å²) in [5.41, 5.74) is -0.603. The van der Waals surface area contributed by atoms with Crippen molar-refractivity contribution in [3.8, 4) is 0 Å². The first kappa shape index (κ1) is 13.6. The zero-order chi connectivity index (χ0) is 11.9. The molecule has 15 heavy (non-hydrogen) atoms. The van der Waals surface area contributed by atoms with E-state index in [1.54, 1.807) is 0 Å². The van der Waals surface area contributed by atoms with E-state index in [1.165, 1.54) is 12.1 Å². The standard InChI is InChI=1S/C5H13NO.C4H4N2O2/c1-6(2,3)4-5-7;7-3-1-2-4(8)6-5-3/h4-5H2,1-3H3;1-2H,(H,5,7)(H,6,8). The Morgan fingerprint density at radius 3 is 1.67 bits per heavy atom. The topological polar surface area (TPSA) is 88.8 Å². The van der Waals surface area contributed by atoms with Crippen molar-refractivity contribution in [3.63, 3.8) is 0 Å². The molecule has 0 aliphatic carbocycles. The van der Waals surface area contributed by atoms with Crippen molar-refractivity contribution < 1.29 is 9.59 Å². The average molecular weight is 215 g/mol. The predicted molar refractivity (Wildman–Crippen MR) is 55.4 cm³/mol. The summed E-state index contributed by atoms with van der Waals surface area (Å²) in [6, 6.07) is 2.33. The fourth-order valence-corrected chi connectivity index (χ4v) is 0.632. The number of hydrogen-bond acceptors (Lipinski definition) is 3. The number of H-pyrrole nitrogens is 2. The first-order valence-corrected chi connectivity index (χ1v) is 4.52. The molecule has 1 rings (SSSR count). The van der Waals surface area contributed by atoms with Crippen molar-refractivity contribution in [3.05, 3.63) is 32.8 Å². The van der Waals surface area contributed by atoms with E-state index in [1.807, 2.05) is 21.1 Å². The fourth-order valence-electron chi connectivity index (χ4n) is 0.632. The summed E-state index contributed by atoms with van der Waals surface area (Å²) in [6.45, 7) is 0.753. The van der Waals surface area contributed by atoms with Gasteiger partial charge in [0.1, 0.15) is 0 Å². The van der Waals surface area contributed by atoms with Crippen LogP contribution in [0.2, 0.25) is 0 Å². The number of quaternary nitrogens is 1. The van der Waals surface area contributed by atoms with Gasteiger partial charge in [0.05, 0.1) is 27.7 Å². The van der Waals surface area contributed by atoms with Crippen LogP contribution in [-0.4, -0.2) is 49.0 Å². The Labute approximate surface area is 87.8 Å². The molecule has 1 heterocycles. The number of rotatable bonds is 2. The molecule has 0 spiro atoms. The van der Waals surface area contributed by atoms with Gasteiger partial charge in [-0.05, 0) is 0 Å². The van der Waals surface area contributed by atoms with Crippen molar-refractivity contribution in [2.75, 3.05) is 34.3 Å². The zero-order valence-electron chi connectivity index (χ0n) is 9.24. The SMILES string of the molecule is C[N+](C)(C)CC[O-].O=c1ccc(=O)[nH][nH]1. The highest BCUT2D eigenvalue weighted by atomic mass is 16.3. The Hall–Kier alpha value is -1.40. The van der Waals surface area contributed by atoms with E-state index in [2.05, 4.69) is 10.2 Å². The van der Waals surface area contributed by atoms with Crippen LogP contribution in [0.1, 0.15) is 0 Å². The molecular weight excluding hydrogens is 198 g/mol. The smallest absolute Gasteiger partial charge is 0.262 e. The molecule has 86 valence electrons. The molecule has 0 aliphatic heterocycles. The molecule has 6 heteroatoms. The summed E-state index contributed by atoms with van der Waals surface area (Å²) in [5, 5.41) is 14.1. The average Bonchev–Trinajstić information content (AvgIpc) is 2.09. The molecular formula is C9H17N3O3. The summed E-state index contributed by atoms with van der Waals surface area (Å²) < 4.78 is 0.781. The lowest BCUT2D eigenvalue weighted by Crippen LogP contribution is -2.39. The van der Waals surface area contributed by atoms with Crippen LogP contribution in [-0.2, 0) is 0 Å². The van der Waals surface area contributed by atoms with E-state index in [0.717, 1.165) is 11.0 Å². The van der Waals surface area contributed by atoms with Crippen LogP contribution < -0.4 is 16.2 Å². The Balaban J connectivity index is 0.000000265. The summed E-state index contributed by atoms with van der Waals surface area (Å²) in [4.78, 5) is 20.4. The number of nitrogens with zero attached hydrogens (tertiary/aromatic N) is 1. The summed E-state index contributed by atoms with van der Waals surface area (Å²) in [6.07, 6.45) is 0. The van der Waals surface area contributed by atoms with Gasteiger partial charge in [0.2, 0.25) is 0 Å². The molecule has 1 aromatic heterocycles. The monoisotopic (exact) mass is 215 g/mol. The number of hydrogen-bond donors (Lipinski definition) is 2. The highest BCUT2D eigenvalue weighted by Gasteiger charge is 1.99. The molecule has 0 amide bonds. The van der Waals surface area contributed by atoms with Gasteiger partial charge in [0.25, 0.3) is 11.1 Å². The Bertz CT molecular complexity index is 323. The first-order chi connectivity index (χ1) is 6.85. The fraction of sp³-hybridized carbons (Fsp3) is 0.556. The molecule has 0 aromatic carbocycles. The Morgan fingerprint density at radius 1 is 1.13 bits per heavy atom. The number of aromatic amines is 2. The predicted octanol–water partition coefficient (Wildman–Crippen LogP) is -1.88. The van der Waals surface area contributed by atoms with E-state index in [0.29, 0.717) is 0 Å². The number of likely N-dealkylation sites (N-methyl/N-ethyl adjacent to an activating group) is 1. The molecule has 1 aromatic rings. The van der Waals surface area contributed by atoms with Gasteiger partial charge in [-0.3, -0.25) is 19.8 Å². The maximum absolute atomic E-state index is 10.2. The lowest BCUT2D eigenvalue weighted by molar-refractivity contribution is -0.875. The van der Waals surface area contributed by atoms with E-state index < -0.39 is 0 Å².